The highest BCUT2D eigenvalue weighted by atomic mass is 16.5. The molecule has 5 rings (SSSR count). The summed E-state index contributed by atoms with van der Waals surface area (Å²) in [5, 5.41) is 12.5. The number of phenols is 1. The topological polar surface area (TPSA) is 109 Å². The van der Waals surface area contributed by atoms with Crippen molar-refractivity contribution in [1.82, 2.24) is 15.2 Å². The van der Waals surface area contributed by atoms with Gasteiger partial charge in [-0.05, 0) is 42.3 Å². The number of nitrogens with one attached hydrogen (secondary N) is 1. The second kappa shape index (κ2) is 10.0. The van der Waals surface area contributed by atoms with Crippen LogP contribution in [-0.2, 0) is 20.7 Å². The van der Waals surface area contributed by atoms with E-state index < -0.39 is 18.0 Å². The van der Waals surface area contributed by atoms with Crippen LogP contribution in [0.3, 0.4) is 0 Å². The Morgan fingerprint density at radius 2 is 1.86 bits per heavy atom. The zero-order valence-electron chi connectivity index (χ0n) is 19.5. The van der Waals surface area contributed by atoms with Crippen molar-refractivity contribution in [3.05, 3.63) is 95.9 Å². The minimum atomic E-state index is -0.927. The predicted octanol–water partition coefficient (Wildman–Crippen LogP) is 2.88. The van der Waals surface area contributed by atoms with Gasteiger partial charge >= 0.3 is 0 Å². The van der Waals surface area contributed by atoms with Gasteiger partial charge in [-0.1, -0.05) is 42.5 Å². The minimum Gasteiger partial charge on any atom is -0.508 e. The number of carbonyl (C=O) groups excluding carboxylic acids is 3. The number of aromatic nitrogens is 1. The van der Waals surface area contributed by atoms with E-state index in [1.54, 1.807) is 24.3 Å². The number of benzene rings is 2. The Kier molecular flexibility index (Phi) is 6.49. The Morgan fingerprint density at radius 1 is 1.08 bits per heavy atom. The molecule has 2 atom stereocenters. The average Bonchev–Trinajstić information content (AvgIpc) is 3.30. The number of pyridine rings is 1. The van der Waals surface area contributed by atoms with Crippen LogP contribution in [0.15, 0.2) is 84.8 Å². The highest BCUT2D eigenvalue weighted by Crippen LogP contribution is 2.27. The fourth-order valence-corrected chi connectivity index (χ4v) is 4.50. The van der Waals surface area contributed by atoms with Crippen molar-refractivity contribution in [2.75, 3.05) is 13.2 Å². The maximum atomic E-state index is 13.7. The average molecular weight is 484 g/mol. The summed E-state index contributed by atoms with van der Waals surface area (Å²) < 4.78 is 5.45. The molecule has 2 N–H and O–H groups in total. The number of aromatic hydroxyl groups is 1. The minimum absolute atomic E-state index is 0.0608. The Morgan fingerprint density at radius 3 is 2.58 bits per heavy atom. The third kappa shape index (κ3) is 4.84. The zero-order chi connectivity index (χ0) is 25.1. The Hall–Kier alpha value is -4.46. The van der Waals surface area contributed by atoms with Gasteiger partial charge in [-0.2, -0.15) is 0 Å². The number of ether oxygens (including phenoxy) is 1. The SMILES string of the molecule is O=C(NC(Cc1ccc(O)cc1)C(=O)N1CCC=C2OCC(=O)C21)c1ccc(-c2ccccc2)nc1. The Balaban J connectivity index is 1.38. The first-order chi connectivity index (χ1) is 17.5. The molecular formula is C28H25N3O5. The third-order valence-electron chi connectivity index (χ3n) is 6.34. The van der Waals surface area contributed by atoms with Crippen molar-refractivity contribution in [3.8, 4) is 17.0 Å². The molecule has 2 amide bonds. The lowest BCUT2D eigenvalue weighted by Gasteiger charge is -2.33. The van der Waals surface area contributed by atoms with Gasteiger partial charge in [-0.3, -0.25) is 19.4 Å². The molecule has 1 aromatic heterocycles. The lowest BCUT2D eigenvalue weighted by molar-refractivity contribution is -0.139. The van der Waals surface area contributed by atoms with Crippen molar-refractivity contribution >= 4 is 17.6 Å². The van der Waals surface area contributed by atoms with Gasteiger partial charge in [0.05, 0.1) is 11.3 Å². The summed E-state index contributed by atoms with van der Waals surface area (Å²) in [5.74, 6) is -0.379. The molecule has 8 heteroatoms. The van der Waals surface area contributed by atoms with Crippen LogP contribution in [0, 0.1) is 0 Å². The second-order valence-electron chi connectivity index (χ2n) is 8.78. The number of ketones is 1. The van der Waals surface area contributed by atoms with E-state index in [0.29, 0.717) is 24.3 Å². The molecule has 3 aromatic rings. The Bertz CT molecular complexity index is 1300. The quantitative estimate of drug-likeness (QED) is 0.558. The lowest BCUT2D eigenvalue weighted by atomic mass is 10.00. The zero-order valence-corrected chi connectivity index (χ0v) is 19.5. The number of hydrogen-bond acceptors (Lipinski definition) is 6. The lowest BCUT2D eigenvalue weighted by Crippen LogP contribution is -2.55. The van der Waals surface area contributed by atoms with Crippen LogP contribution in [0.1, 0.15) is 22.3 Å². The molecule has 0 spiro atoms. The van der Waals surface area contributed by atoms with Crippen LogP contribution in [0.4, 0.5) is 0 Å². The van der Waals surface area contributed by atoms with Crippen molar-refractivity contribution in [2.24, 2.45) is 0 Å². The number of Topliss-reactive ketones (excluding diaryl/α,β-unsaturated/α-hetero) is 1. The molecule has 3 heterocycles. The van der Waals surface area contributed by atoms with Gasteiger partial charge in [0.1, 0.15) is 24.2 Å². The monoisotopic (exact) mass is 483 g/mol. The molecule has 0 radical (unpaired) electrons. The maximum absolute atomic E-state index is 13.7. The summed E-state index contributed by atoms with van der Waals surface area (Å²) in [6.45, 7) is 0.298. The van der Waals surface area contributed by atoms with Crippen LogP contribution >= 0.6 is 0 Å². The number of rotatable bonds is 6. The number of fused-ring (bicyclic) bond motifs is 1. The fourth-order valence-electron chi connectivity index (χ4n) is 4.50. The van der Waals surface area contributed by atoms with Crippen LogP contribution in [-0.4, -0.2) is 57.8 Å². The number of hydrogen-bond donors (Lipinski definition) is 2. The molecule has 36 heavy (non-hydrogen) atoms. The van der Waals surface area contributed by atoms with Gasteiger partial charge in [0, 0.05) is 24.7 Å². The molecule has 0 bridgehead atoms. The van der Waals surface area contributed by atoms with E-state index in [1.165, 1.54) is 23.2 Å². The van der Waals surface area contributed by atoms with Crippen LogP contribution in [0.2, 0.25) is 0 Å². The highest BCUT2D eigenvalue weighted by Gasteiger charge is 2.42. The predicted molar refractivity (Wildman–Crippen MR) is 132 cm³/mol. The molecule has 182 valence electrons. The molecule has 1 saturated heterocycles. The molecule has 8 nitrogen and oxygen atoms in total. The summed E-state index contributed by atoms with van der Waals surface area (Å²) in [6, 6.07) is 17.8. The van der Waals surface area contributed by atoms with Crippen LogP contribution < -0.4 is 5.32 Å². The van der Waals surface area contributed by atoms with Gasteiger partial charge in [0.15, 0.2) is 11.8 Å². The molecule has 2 aromatic carbocycles. The van der Waals surface area contributed by atoms with Crippen molar-refractivity contribution in [1.29, 1.82) is 0 Å². The van der Waals surface area contributed by atoms with E-state index in [-0.39, 0.29) is 30.5 Å². The molecule has 2 aliphatic rings. The smallest absolute Gasteiger partial charge is 0.253 e. The fraction of sp³-hybridized carbons (Fsp3) is 0.214. The van der Waals surface area contributed by atoms with Crippen LogP contribution in [0.25, 0.3) is 11.3 Å². The summed E-state index contributed by atoms with van der Waals surface area (Å²) in [6.07, 6.45) is 4.08. The van der Waals surface area contributed by atoms with Gasteiger partial charge in [0.2, 0.25) is 5.91 Å². The van der Waals surface area contributed by atoms with E-state index in [4.69, 9.17) is 4.74 Å². The van der Waals surface area contributed by atoms with E-state index >= 15 is 0 Å². The summed E-state index contributed by atoms with van der Waals surface area (Å²) >= 11 is 0. The number of carbonyl (C=O) groups is 3. The molecular weight excluding hydrogens is 458 g/mol. The summed E-state index contributed by atoms with van der Waals surface area (Å²) in [4.78, 5) is 45.2. The van der Waals surface area contributed by atoms with Gasteiger partial charge in [-0.25, -0.2) is 0 Å². The first-order valence-electron chi connectivity index (χ1n) is 11.8. The third-order valence-corrected chi connectivity index (χ3v) is 6.34. The first kappa shape index (κ1) is 23.3. The second-order valence-corrected chi connectivity index (χ2v) is 8.78. The van der Waals surface area contributed by atoms with Crippen molar-refractivity contribution in [2.45, 2.75) is 24.9 Å². The van der Waals surface area contributed by atoms with E-state index in [1.807, 2.05) is 36.4 Å². The molecule has 0 aliphatic carbocycles. The first-order valence-corrected chi connectivity index (χ1v) is 11.8. The van der Waals surface area contributed by atoms with E-state index in [2.05, 4.69) is 10.3 Å². The van der Waals surface area contributed by atoms with E-state index in [0.717, 1.165) is 16.8 Å². The van der Waals surface area contributed by atoms with Crippen molar-refractivity contribution in [3.63, 3.8) is 0 Å². The normalized spacial score (nSPS) is 17.6. The summed E-state index contributed by atoms with van der Waals surface area (Å²) in [7, 11) is 0. The van der Waals surface area contributed by atoms with Gasteiger partial charge < -0.3 is 20.1 Å². The van der Waals surface area contributed by atoms with Gasteiger partial charge in [-0.15, -0.1) is 0 Å². The molecule has 2 unspecified atom stereocenters. The standard InChI is InChI=1S/C28H25N3O5/c32-21-11-8-18(9-12-21)15-23(28(35)31-14-4-7-25-26(31)24(33)17-36-25)30-27(34)20-10-13-22(29-16-20)19-5-2-1-3-6-19/h1-3,5-13,16,23,26,32H,4,14-15,17H2,(H,30,34). The van der Waals surface area contributed by atoms with E-state index in [9.17, 15) is 19.5 Å². The molecule has 2 aliphatic heterocycles. The highest BCUT2D eigenvalue weighted by molar-refractivity contribution is 5.99. The number of amides is 2. The summed E-state index contributed by atoms with van der Waals surface area (Å²) in [5.41, 5.74) is 2.74. The van der Waals surface area contributed by atoms with Crippen LogP contribution in [0.5, 0.6) is 5.75 Å². The number of phenolic OH excluding ortho intramolecular Hbond substituents is 1. The molecule has 0 saturated carbocycles. The van der Waals surface area contributed by atoms with Crippen molar-refractivity contribution < 1.29 is 24.2 Å². The molecule has 1 fully saturated rings. The van der Waals surface area contributed by atoms with Gasteiger partial charge in [0.25, 0.3) is 5.91 Å². The largest absolute Gasteiger partial charge is 0.508 e. The maximum Gasteiger partial charge on any atom is 0.253 e. The Labute approximate surface area is 208 Å². The number of nitrogens with zero attached hydrogens (tertiary/aromatic N) is 2.